The lowest BCUT2D eigenvalue weighted by atomic mass is 9.99. The molecule has 0 spiro atoms. The first-order valence-electron chi connectivity index (χ1n) is 15.8. The van der Waals surface area contributed by atoms with Crippen molar-refractivity contribution in [2.75, 3.05) is 0 Å². The van der Waals surface area contributed by atoms with Crippen LogP contribution in [0.15, 0.2) is 156 Å². The third-order valence-electron chi connectivity index (χ3n) is 9.55. The van der Waals surface area contributed by atoms with Crippen LogP contribution in [0.25, 0.3) is 88.1 Å². The number of benzene rings is 7. The first kappa shape index (κ1) is 25.7. The van der Waals surface area contributed by atoms with E-state index < -0.39 is 0 Å². The Kier molecular flexibility index (Phi) is 5.32. The zero-order valence-corrected chi connectivity index (χ0v) is 25.2. The second-order valence-corrected chi connectivity index (χ2v) is 12.0. The number of para-hydroxylation sites is 5. The fraction of sp³-hybridized carbons (Fsp3) is 0. The molecular formula is C43H25N3O. The van der Waals surface area contributed by atoms with E-state index in [1.165, 1.54) is 10.8 Å². The fourth-order valence-corrected chi connectivity index (χ4v) is 7.58. The Morgan fingerprint density at radius 1 is 0.489 bits per heavy atom. The van der Waals surface area contributed by atoms with E-state index in [2.05, 4.69) is 137 Å². The molecule has 0 saturated carbocycles. The van der Waals surface area contributed by atoms with Gasteiger partial charge in [-0.15, -0.1) is 0 Å². The number of rotatable bonds is 3. The van der Waals surface area contributed by atoms with Crippen molar-refractivity contribution in [2.24, 2.45) is 0 Å². The molecule has 47 heavy (non-hydrogen) atoms. The van der Waals surface area contributed by atoms with Crippen LogP contribution in [-0.2, 0) is 0 Å². The molecule has 4 heteroatoms. The highest BCUT2D eigenvalue weighted by atomic mass is 16.3. The van der Waals surface area contributed by atoms with Crippen LogP contribution in [-0.4, -0.2) is 9.13 Å². The second-order valence-electron chi connectivity index (χ2n) is 12.0. The van der Waals surface area contributed by atoms with Gasteiger partial charge in [-0.3, -0.25) is 0 Å². The zero-order valence-electron chi connectivity index (χ0n) is 25.2. The third kappa shape index (κ3) is 3.57. The van der Waals surface area contributed by atoms with E-state index in [1.54, 1.807) is 0 Å². The molecule has 0 N–H and O–H groups in total. The Hall–Kier alpha value is -6.57. The molecule has 0 atom stereocenters. The monoisotopic (exact) mass is 599 g/mol. The second kappa shape index (κ2) is 9.71. The average Bonchev–Trinajstić information content (AvgIpc) is 3.79. The van der Waals surface area contributed by atoms with Gasteiger partial charge in [0.05, 0.1) is 33.3 Å². The number of fused-ring (bicyclic) bond motifs is 10. The minimum absolute atomic E-state index is 0.598. The van der Waals surface area contributed by atoms with Crippen molar-refractivity contribution in [2.45, 2.75) is 0 Å². The molecule has 3 aromatic heterocycles. The van der Waals surface area contributed by atoms with Gasteiger partial charge in [-0.1, -0.05) is 103 Å². The average molecular weight is 600 g/mol. The molecule has 4 nitrogen and oxygen atoms in total. The van der Waals surface area contributed by atoms with Crippen molar-refractivity contribution in [3.05, 3.63) is 157 Å². The summed E-state index contributed by atoms with van der Waals surface area (Å²) in [7, 11) is 0. The Morgan fingerprint density at radius 2 is 1.09 bits per heavy atom. The Bertz CT molecular complexity index is 2880. The van der Waals surface area contributed by atoms with Crippen LogP contribution in [0.4, 0.5) is 0 Å². The maximum Gasteiger partial charge on any atom is 0.160 e. The maximum atomic E-state index is 10.6. The summed E-state index contributed by atoms with van der Waals surface area (Å²) in [6, 6.07) is 55.3. The first-order valence-corrected chi connectivity index (χ1v) is 15.8. The first-order chi connectivity index (χ1) is 23.3. The Morgan fingerprint density at radius 3 is 1.81 bits per heavy atom. The zero-order chi connectivity index (χ0) is 31.1. The van der Waals surface area contributed by atoms with Gasteiger partial charge >= 0.3 is 0 Å². The number of furan rings is 1. The topological polar surface area (TPSA) is 46.8 Å². The molecule has 0 fully saturated rings. The van der Waals surface area contributed by atoms with Crippen LogP contribution < -0.4 is 0 Å². The van der Waals surface area contributed by atoms with Gasteiger partial charge in [-0.25, -0.2) is 0 Å². The number of hydrogen-bond acceptors (Lipinski definition) is 2. The molecule has 0 aliphatic heterocycles. The summed E-state index contributed by atoms with van der Waals surface area (Å²) in [5, 5.41) is 17.4. The van der Waals surface area contributed by atoms with Crippen molar-refractivity contribution >= 4 is 65.6 Å². The quantitative estimate of drug-likeness (QED) is 0.203. The molecule has 3 heterocycles. The number of nitriles is 1. The smallest absolute Gasteiger partial charge is 0.160 e. The van der Waals surface area contributed by atoms with Crippen molar-refractivity contribution in [3.63, 3.8) is 0 Å². The number of aromatic nitrogens is 2. The van der Waals surface area contributed by atoms with E-state index in [0.29, 0.717) is 5.56 Å². The molecule has 10 rings (SSSR count). The Balaban J connectivity index is 1.30. The molecule has 218 valence electrons. The van der Waals surface area contributed by atoms with Gasteiger partial charge in [0.2, 0.25) is 0 Å². The lowest BCUT2D eigenvalue weighted by molar-refractivity contribution is 0.671. The lowest BCUT2D eigenvalue weighted by Gasteiger charge is -2.17. The SMILES string of the molecule is N#Cc1cccc(-c2cccc(-n3c4ccccc4c4ccccc43)c2)c1-n1c2ccccc2c2ccc3c4ccccc4oc3c21. The number of nitrogens with zero attached hydrogens (tertiary/aromatic N) is 3. The highest BCUT2D eigenvalue weighted by molar-refractivity contribution is 6.21. The van der Waals surface area contributed by atoms with Crippen LogP contribution in [0.1, 0.15) is 5.56 Å². The lowest BCUT2D eigenvalue weighted by Crippen LogP contribution is -2.01. The molecule has 0 aliphatic rings. The van der Waals surface area contributed by atoms with Crippen LogP contribution in [0.3, 0.4) is 0 Å². The summed E-state index contributed by atoms with van der Waals surface area (Å²) >= 11 is 0. The standard InChI is InChI=1S/C43H25N3O/c44-26-28-12-10-18-30(27-11-9-13-29(25-27)45-37-19-5-1-14-31(37)32-15-2-6-20-38(32)45)41(28)46-39-21-7-3-16-33(39)35-23-24-36-34-17-4-8-22-40(34)47-43(36)42(35)46/h1-25H. The largest absolute Gasteiger partial charge is 0.454 e. The molecular weight excluding hydrogens is 574 g/mol. The van der Waals surface area contributed by atoms with Gasteiger partial charge in [0.1, 0.15) is 11.7 Å². The minimum Gasteiger partial charge on any atom is -0.454 e. The van der Waals surface area contributed by atoms with Gasteiger partial charge in [0.25, 0.3) is 0 Å². The molecule has 7 aromatic carbocycles. The molecule has 0 aliphatic carbocycles. The minimum atomic E-state index is 0.598. The van der Waals surface area contributed by atoms with Gasteiger partial charge in [-0.05, 0) is 54.1 Å². The van der Waals surface area contributed by atoms with E-state index in [1.807, 2.05) is 30.3 Å². The van der Waals surface area contributed by atoms with Gasteiger partial charge in [-0.2, -0.15) is 5.26 Å². The molecule has 0 amide bonds. The van der Waals surface area contributed by atoms with Crippen LogP contribution in [0.5, 0.6) is 0 Å². The van der Waals surface area contributed by atoms with Crippen molar-refractivity contribution in [3.8, 4) is 28.6 Å². The van der Waals surface area contributed by atoms with Crippen LogP contribution in [0, 0.1) is 11.3 Å². The maximum absolute atomic E-state index is 10.6. The summed E-state index contributed by atoms with van der Waals surface area (Å²) < 4.78 is 11.2. The van der Waals surface area contributed by atoms with Crippen molar-refractivity contribution in [1.29, 1.82) is 5.26 Å². The summed E-state index contributed by atoms with van der Waals surface area (Å²) in [5.74, 6) is 0. The number of hydrogen-bond donors (Lipinski definition) is 0. The van der Waals surface area contributed by atoms with E-state index in [-0.39, 0.29) is 0 Å². The fourth-order valence-electron chi connectivity index (χ4n) is 7.58. The van der Waals surface area contributed by atoms with E-state index >= 15 is 0 Å². The van der Waals surface area contributed by atoms with E-state index in [0.717, 1.165) is 77.3 Å². The highest BCUT2D eigenvalue weighted by Crippen LogP contribution is 2.43. The molecule has 0 bridgehead atoms. The van der Waals surface area contributed by atoms with Crippen LogP contribution in [0.2, 0.25) is 0 Å². The summed E-state index contributed by atoms with van der Waals surface area (Å²) in [6.45, 7) is 0. The van der Waals surface area contributed by atoms with Crippen molar-refractivity contribution < 1.29 is 4.42 Å². The molecule has 0 unspecified atom stereocenters. The summed E-state index contributed by atoms with van der Waals surface area (Å²) in [6.07, 6.45) is 0. The third-order valence-corrected chi connectivity index (χ3v) is 9.55. The van der Waals surface area contributed by atoms with Gasteiger partial charge in [0.15, 0.2) is 5.58 Å². The van der Waals surface area contributed by atoms with Gasteiger partial charge in [0, 0.05) is 43.6 Å². The van der Waals surface area contributed by atoms with Gasteiger partial charge < -0.3 is 13.6 Å². The van der Waals surface area contributed by atoms with Crippen molar-refractivity contribution in [1.82, 2.24) is 9.13 Å². The summed E-state index contributed by atoms with van der Waals surface area (Å²) in [4.78, 5) is 0. The molecule has 0 saturated heterocycles. The highest BCUT2D eigenvalue weighted by Gasteiger charge is 2.23. The Labute approximate surface area is 269 Å². The normalized spacial score (nSPS) is 11.8. The molecule has 0 radical (unpaired) electrons. The van der Waals surface area contributed by atoms with E-state index in [4.69, 9.17) is 4.42 Å². The van der Waals surface area contributed by atoms with E-state index in [9.17, 15) is 5.26 Å². The predicted molar refractivity (Wildman–Crippen MR) is 193 cm³/mol. The summed E-state index contributed by atoms with van der Waals surface area (Å²) in [5.41, 5.74) is 10.5. The predicted octanol–water partition coefficient (Wildman–Crippen LogP) is 11.3. The molecule has 10 aromatic rings. The van der Waals surface area contributed by atoms with Crippen LogP contribution >= 0.6 is 0 Å².